The molecular formula is C23H24N4O2. The maximum absolute atomic E-state index is 9.79. The Hall–Kier alpha value is -3.72. The number of rotatable bonds is 4. The van der Waals surface area contributed by atoms with Crippen molar-refractivity contribution in [1.82, 2.24) is 0 Å². The second-order valence-electron chi connectivity index (χ2n) is 7.02. The standard InChI is InChI=1S/C23H24N4O2/c1-13-9-16(11-19(28-3)14(13)2)20-17(12-24)22(26)29-23(27)21(20)18(25)10-15-7-5-4-6-8-15/h4-9,11,20,27H,10,25-26H2,1-3H3. The summed E-state index contributed by atoms with van der Waals surface area (Å²) in [5.41, 5.74) is 17.4. The molecule has 3 rings (SSSR count). The molecule has 0 fully saturated rings. The van der Waals surface area contributed by atoms with Gasteiger partial charge in [-0.25, -0.2) is 0 Å². The average molecular weight is 388 g/mol. The largest absolute Gasteiger partial charge is 0.496 e. The first-order chi connectivity index (χ1) is 13.9. The van der Waals surface area contributed by atoms with Crippen molar-refractivity contribution >= 4 is 5.90 Å². The van der Waals surface area contributed by atoms with Gasteiger partial charge >= 0.3 is 0 Å². The van der Waals surface area contributed by atoms with Crippen LogP contribution in [0.25, 0.3) is 0 Å². The van der Waals surface area contributed by atoms with Crippen LogP contribution in [0.2, 0.25) is 0 Å². The van der Waals surface area contributed by atoms with Gasteiger partial charge in [-0.3, -0.25) is 5.41 Å². The number of nitrogens with one attached hydrogen (secondary N) is 1. The van der Waals surface area contributed by atoms with Crippen molar-refractivity contribution in [1.29, 1.82) is 10.7 Å². The number of nitrogens with zero attached hydrogens (tertiary/aromatic N) is 1. The molecule has 1 aliphatic rings. The number of ether oxygens (including phenoxy) is 2. The summed E-state index contributed by atoms with van der Waals surface area (Å²) < 4.78 is 10.9. The van der Waals surface area contributed by atoms with Crippen molar-refractivity contribution in [3.05, 3.63) is 87.4 Å². The first-order valence-electron chi connectivity index (χ1n) is 9.21. The van der Waals surface area contributed by atoms with Crippen LogP contribution >= 0.6 is 0 Å². The maximum Gasteiger partial charge on any atom is 0.219 e. The van der Waals surface area contributed by atoms with Gasteiger partial charge in [0.15, 0.2) is 0 Å². The second kappa shape index (κ2) is 8.11. The minimum Gasteiger partial charge on any atom is -0.496 e. The van der Waals surface area contributed by atoms with E-state index in [-0.39, 0.29) is 17.4 Å². The van der Waals surface area contributed by atoms with Crippen molar-refractivity contribution in [2.45, 2.75) is 26.2 Å². The molecular weight excluding hydrogens is 364 g/mol. The molecule has 1 unspecified atom stereocenters. The van der Waals surface area contributed by atoms with E-state index in [1.165, 1.54) is 0 Å². The molecule has 5 N–H and O–H groups in total. The summed E-state index contributed by atoms with van der Waals surface area (Å²) in [6, 6.07) is 15.7. The highest BCUT2D eigenvalue weighted by Crippen LogP contribution is 2.41. The Bertz CT molecular complexity index is 1060. The third-order valence-corrected chi connectivity index (χ3v) is 5.20. The van der Waals surface area contributed by atoms with E-state index in [4.69, 9.17) is 26.4 Å². The number of nitriles is 1. The molecule has 2 aromatic rings. The zero-order chi connectivity index (χ0) is 21.1. The zero-order valence-electron chi connectivity index (χ0n) is 16.7. The lowest BCUT2D eigenvalue weighted by Crippen LogP contribution is -2.29. The van der Waals surface area contributed by atoms with Gasteiger partial charge in [0.05, 0.1) is 13.0 Å². The normalized spacial score (nSPS) is 18.1. The Morgan fingerprint density at radius 3 is 2.55 bits per heavy atom. The summed E-state index contributed by atoms with van der Waals surface area (Å²) in [5.74, 6) is -0.110. The lowest BCUT2D eigenvalue weighted by atomic mass is 9.80. The van der Waals surface area contributed by atoms with Crippen molar-refractivity contribution in [2.24, 2.45) is 11.5 Å². The van der Waals surface area contributed by atoms with Gasteiger partial charge in [-0.1, -0.05) is 36.4 Å². The molecule has 0 saturated carbocycles. The van der Waals surface area contributed by atoms with E-state index in [2.05, 4.69) is 6.07 Å². The topological polar surface area (TPSA) is 118 Å². The van der Waals surface area contributed by atoms with Crippen LogP contribution in [-0.4, -0.2) is 13.0 Å². The molecule has 0 aromatic heterocycles. The lowest BCUT2D eigenvalue weighted by molar-refractivity contribution is 0.382. The summed E-state index contributed by atoms with van der Waals surface area (Å²) >= 11 is 0. The van der Waals surface area contributed by atoms with Crippen molar-refractivity contribution in [3.63, 3.8) is 0 Å². The number of nitrogens with two attached hydrogens (primary N) is 2. The van der Waals surface area contributed by atoms with Crippen LogP contribution < -0.4 is 16.2 Å². The fourth-order valence-corrected chi connectivity index (χ4v) is 3.57. The molecule has 0 radical (unpaired) electrons. The van der Waals surface area contributed by atoms with Crippen LogP contribution in [-0.2, 0) is 11.2 Å². The SMILES string of the molecule is COc1cc(C2C(C#N)=C(N)OC(=N)C2=C(N)Cc2ccccc2)cc(C)c1C. The minimum atomic E-state index is -0.599. The first-order valence-corrected chi connectivity index (χ1v) is 9.21. The van der Waals surface area contributed by atoms with E-state index in [9.17, 15) is 5.26 Å². The van der Waals surface area contributed by atoms with E-state index in [0.29, 0.717) is 23.4 Å². The fraction of sp³-hybridized carbons (Fsp3) is 0.217. The molecule has 2 aromatic carbocycles. The van der Waals surface area contributed by atoms with Gasteiger partial charge in [0.25, 0.3) is 0 Å². The van der Waals surface area contributed by atoms with Crippen LogP contribution in [0.1, 0.15) is 28.2 Å². The van der Waals surface area contributed by atoms with E-state index < -0.39 is 5.92 Å². The first kappa shape index (κ1) is 20.0. The van der Waals surface area contributed by atoms with Crippen molar-refractivity contribution in [3.8, 4) is 11.8 Å². The summed E-state index contributed by atoms with van der Waals surface area (Å²) in [6.45, 7) is 3.95. The second-order valence-corrected chi connectivity index (χ2v) is 7.02. The molecule has 1 atom stereocenters. The van der Waals surface area contributed by atoms with Crippen LogP contribution in [0.4, 0.5) is 0 Å². The number of hydrogen-bond acceptors (Lipinski definition) is 6. The predicted octanol–water partition coefficient (Wildman–Crippen LogP) is 3.55. The summed E-state index contributed by atoms with van der Waals surface area (Å²) in [5, 5.41) is 18.2. The van der Waals surface area contributed by atoms with Gasteiger partial charge in [0.2, 0.25) is 11.8 Å². The molecule has 0 saturated heterocycles. The quantitative estimate of drug-likeness (QED) is 0.740. The Kier molecular flexibility index (Phi) is 5.60. The molecule has 148 valence electrons. The number of methoxy groups -OCH3 is 1. The Morgan fingerprint density at radius 1 is 1.24 bits per heavy atom. The van der Waals surface area contributed by atoms with E-state index in [1.807, 2.05) is 56.3 Å². The van der Waals surface area contributed by atoms with E-state index in [0.717, 1.165) is 22.3 Å². The number of allylic oxidation sites excluding steroid dienone is 2. The highest BCUT2D eigenvalue weighted by Gasteiger charge is 2.35. The molecule has 6 nitrogen and oxygen atoms in total. The Labute approximate surface area is 170 Å². The fourth-order valence-electron chi connectivity index (χ4n) is 3.57. The highest BCUT2D eigenvalue weighted by molar-refractivity contribution is 5.96. The summed E-state index contributed by atoms with van der Waals surface area (Å²) in [6.07, 6.45) is 0.430. The molecule has 0 spiro atoms. The van der Waals surface area contributed by atoms with Gasteiger partial charge in [-0.2, -0.15) is 5.26 Å². The van der Waals surface area contributed by atoms with Crippen molar-refractivity contribution in [2.75, 3.05) is 7.11 Å². The Balaban J connectivity index is 2.21. The third-order valence-electron chi connectivity index (χ3n) is 5.20. The number of hydrogen-bond donors (Lipinski definition) is 3. The minimum absolute atomic E-state index is 0.0732. The summed E-state index contributed by atoms with van der Waals surface area (Å²) in [7, 11) is 1.60. The molecule has 0 amide bonds. The van der Waals surface area contributed by atoms with E-state index >= 15 is 0 Å². The highest BCUT2D eigenvalue weighted by atomic mass is 16.5. The lowest BCUT2D eigenvalue weighted by Gasteiger charge is -2.29. The zero-order valence-corrected chi connectivity index (χ0v) is 16.7. The number of benzene rings is 2. The van der Waals surface area contributed by atoms with Crippen molar-refractivity contribution < 1.29 is 9.47 Å². The number of aryl methyl sites for hydroxylation is 1. The van der Waals surface area contributed by atoms with Crippen LogP contribution in [0.5, 0.6) is 5.75 Å². The smallest absolute Gasteiger partial charge is 0.219 e. The summed E-state index contributed by atoms with van der Waals surface area (Å²) in [4.78, 5) is 0. The van der Waals surface area contributed by atoms with Crippen LogP contribution in [0.3, 0.4) is 0 Å². The molecule has 1 heterocycles. The maximum atomic E-state index is 9.79. The molecule has 29 heavy (non-hydrogen) atoms. The molecule has 1 aliphatic heterocycles. The monoisotopic (exact) mass is 388 g/mol. The Morgan fingerprint density at radius 2 is 1.93 bits per heavy atom. The van der Waals surface area contributed by atoms with Gasteiger partial charge in [-0.15, -0.1) is 0 Å². The van der Waals surface area contributed by atoms with E-state index in [1.54, 1.807) is 7.11 Å². The van der Waals surface area contributed by atoms with Crippen LogP contribution in [0, 0.1) is 30.6 Å². The molecule has 6 heteroatoms. The molecule has 0 bridgehead atoms. The van der Waals surface area contributed by atoms with Gasteiger partial charge in [0.1, 0.15) is 17.4 Å². The third kappa shape index (κ3) is 3.81. The van der Waals surface area contributed by atoms with Gasteiger partial charge < -0.3 is 20.9 Å². The van der Waals surface area contributed by atoms with Gasteiger partial charge in [0, 0.05) is 17.7 Å². The average Bonchev–Trinajstić information content (AvgIpc) is 2.70. The molecule has 0 aliphatic carbocycles. The van der Waals surface area contributed by atoms with Crippen LogP contribution in [0.15, 0.2) is 65.2 Å². The predicted molar refractivity (Wildman–Crippen MR) is 112 cm³/mol. The van der Waals surface area contributed by atoms with Gasteiger partial charge in [-0.05, 0) is 42.2 Å².